The van der Waals surface area contributed by atoms with Gasteiger partial charge in [0.15, 0.2) is 0 Å². The summed E-state index contributed by atoms with van der Waals surface area (Å²) in [4.78, 5) is 11.0. The molecule has 0 saturated heterocycles. The number of unbranched alkanes of at least 4 members (excludes halogenated alkanes) is 2. The van der Waals surface area contributed by atoms with Crippen molar-refractivity contribution in [3.63, 3.8) is 0 Å². The Morgan fingerprint density at radius 2 is 2.07 bits per heavy atom. The summed E-state index contributed by atoms with van der Waals surface area (Å²) >= 11 is 0. The Morgan fingerprint density at radius 1 is 1.27 bits per heavy atom. The minimum Gasteiger partial charge on any atom is -0.466 e. The van der Waals surface area contributed by atoms with Crippen molar-refractivity contribution < 1.29 is 14.3 Å². The molecule has 0 amide bonds. The highest BCUT2D eigenvalue weighted by molar-refractivity contribution is 5.69. The van der Waals surface area contributed by atoms with E-state index in [0.29, 0.717) is 13.0 Å². The highest BCUT2D eigenvalue weighted by Gasteiger charge is 2.00. The average Bonchev–Trinajstić information content (AvgIpc) is 2.22. The summed E-state index contributed by atoms with van der Waals surface area (Å²) < 4.78 is 10.2. The lowest BCUT2D eigenvalue weighted by Crippen LogP contribution is -2.03. The minimum absolute atomic E-state index is 0.0925. The summed E-state index contributed by atoms with van der Waals surface area (Å²) in [6.07, 6.45) is 6.21. The topological polar surface area (TPSA) is 35.5 Å². The molecule has 0 spiro atoms. The third-order valence-electron chi connectivity index (χ3n) is 1.94. The largest absolute Gasteiger partial charge is 0.466 e. The van der Waals surface area contributed by atoms with Crippen LogP contribution in [-0.4, -0.2) is 25.8 Å². The summed E-state index contributed by atoms with van der Waals surface area (Å²) in [5.74, 6) is -0.0925. The molecule has 15 heavy (non-hydrogen) atoms. The molecule has 0 heterocycles. The summed E-state index contributed by atoms with van der Waals surface area (Å²) in [7, 11) is 0. The van der Waals surface area contributed by atoms with Gasteiger partial charge in [0, 0.05) is 19.6 Å². The monoisotopic (exact) mass is 214 g/mol. The normalized spacial score (nSPS) is 9.93. The Kier molecular flexibility index (Phi) is 10.6. The molecule has 3 nitrogen and oxygen atoms in total. The molecule has 88 valence electrons. The number of ether oxygens (including phenoxy) is 2. The zero-order valence-corrected chi connectivity index (χ0v) is 9.67. The van der Waals surface area contributed by atoms with Crippen molar-refractivity contribution in [2.24, 2.45) is 0 Å². The van der Waals surface area contributed by atoms with Crippen LogP contribution in [0.2, 0.25) is 0 Å². The van der Waals surface area contributed by atoms with Gasteiger partial charge in [-0.2, -0.15) is 0 Å². The van der Waals surface area contributed by atoms with Crippen LogP contribution in [0.4, 0.5) is 0 Å². The van der Waals surface area contributed by atoms with Crippen LogP contribution in [0, 0.1) is 0 Å². The predicted octanol–water partition coefficient (Wildman–Crippen LogP) is 2.70. The number of esters is 1. The molecule has 0 bridgehead atoms. The zero-order valence-electron chi connectivity index (χ0n) is 9.67. The van der Waals surface area contributed by atoms with Crippen molar-refractivity contribution in [1.82, 2.24) is 0 Å². The second-order valence-electron chi connectivity index (χ2n) is 3.31. The third-order valence-corrected chi connectivity index (χ3v) is 1.94. The fraction of sp³-hybridized carbons (Fsp3) is 0.750. The van der Waals surface area contributed by atoms with E-state index >= 15 is 0 Å². The molecule has 0 aliphatic carbocycles. The van der Waals surface area contributed by atoms with Crippen LogP contribution in [0.3, 0.4) is 0 Å². The molecule has 0 aliphatic heterocycles. The second-order valence-corrected chi connectivity index (χ2v) is 3.31. The van der Waals surface area contributed by atoms with E-state index in [0.717, 1.165) is 38.9 Å². The van der Waals surface area contributed by atoms with Crippen molar-refractivity contribution in [2.45, 2.75) is 39.0 Å². The molecule has 0 atom stereocenters. The van der Waals surface area contributed by atoms with Gasteiger partial charge in [-0.25, -0.2) is 0 Å². The van der Waals surface area contributed by atoms with E-state index in [1.165, 1.54) is 0 Å². The van der Waals surface area contributed by atoms with Crippen LogP contribution >= 0.6 is 0 Å². The predicted molar refractivity (Wildman–Crippen MR) is 60.7 cm³/mol. The van der Waals surface area contributed by atoms with Gasteiger partial charge in [-0.15, -0.1) is 6.58 Å². The number of hydrogen-bond acceptors (Lipinski definition) is 3. The number of carbonyl (C=O) groups is 1. The summed E-state index contributed by atoms with van der Waals surface area (Å²) in [5.41, 5.74) is 0. The van der Waals surface area contributed by atoms with Gasteiger partial charge in [-0.1, -0.05) is 12.5 Å². The molecule has 0 unspecified atom stereocenters. The van der Waals surface area contributed by atoms with Crippen LogP contribution < -0.4 is 0 Å². The van der Waals surface area contributed by atoms with Crippen molar-refractivity contribution in [3.05, 3.63) is 12.7 Å². The Bertz CT molecular complexity index is 166. The van der Waals surface area contributed by atoms with Gasteiger partial charge >= 0.3 is 5.97 Å². The van der Waals surface area contributed by atoms with Crippen molar-refractivity contribution >= 4 is 5.97 Å². The Morgan fingerprint density at radius 3 is 2.73 bits per heavy atom. The maximum Gasteiger partial charge on any atom is 0.305 e. The highest BCUT2D eigenvalue weighted by atomic mass is 16.5. The van der Waals surface area contributed by atoms with E-state index in [2.05, 4.69) is 6.58 Å². The molecule has 0 rings (SSSR count). The Hall–Kier alpha value is -0.830. The summed E-state index contributed by atoms with van der Waals surface area (Å²) in [6.45, 7) is 7.44. The molecule has 0 aromatic carbocycles. The van der Waals surface area contributed by atoms with Crippen LogP contribution in [0.25, 0.3) is 0 Å². The molecule has 0 N–H and O–H groups in total. The van der Waals surface area contributed by atoms with Gasteiger partial charge in [-0.3, -0.25) is 4.79 Å². The molecule has 0 aromatic rings. The first kappa shape index (κ1) is 14.2. The maximum atomic E-state index is 11.0. The second kappa shape index (κ2) is 11.2. The molecule has 0 radical (unpaired) electrons. The Labute approximate surface area is 92.5 Å². The molecule has 0 saturated carbocycles. The standard InChI is InChI=1S/C12H22O3/c1-3-5-10-14-11-8-6-7-9-12(13)15-4-2/h3H,1,4-11H2,2H3. The lowest BCUT2D eigenvalue weighted by Gasteiger charge is -2.03. The molecular formula is C12H22O3. The lowest BCUT2D eigenvalue weighted by atomic mass is 10.2. The van der Waals surface area contributed by atoms with Crippen LogP contribution in [0.1, 0.15) is 39.0 Å². The van der Waals surface area contributed by atoms with E-state index < -0.39 is 0 Å². The molecule has 3 heteroatoms. The quantitative estimate of drug-likeness (QED) is 0.318. The van der Waals surface area contributed by atoms with Gasteiger partial charge in [-0.05, 0) is 26.2 Å². The first-order valence-corrected chi connectivity index (χ1v) is 5.65. The molecule has 0 aliphatic rings. The van der Waals surface area contributed by atoms with Gasteiger partial charge in [0.1, 0.15) is 0 Å². The van der Waals surface area contributed by atoms with Crippen LogP contribution in [0.5, 0.6) is 0 Å². The molecule has 0 aromatic heterocycles. The van der Waals surface area contributed by atoms with Gasteiger partial charge < -0.3 is 9.47 Å². The van der Waals surface area contributed by atoms with Crippen molar-refractivity contribution in [3.8, 4) is 0 Å². The average molecular weight is 214 g/mol. The SMILES string of the molecule is C=CCCOCCCCCC(=O)OCC. The van der Waals surface area contributed by atoms with E-state index in [1.54, 1.807) is 0 Å². The van der Waals surface area contributed by atoms with E-state index in [4.69, 9.17) is 9.47 Å². The first-order chi connectivity index (χ1) is 7.31. The van der Waals surface area contributed by atoms with Crippen molar-refractivity contribution in [2.75, 3.05) is 19.8 Å². The lowest BCUT2D eigenvalue weighted by molar-refractivity contribution is -0.143. The number of carbonyl (C=O) groups excluding carboxylic acids is 1. The number of rotatable bonds is 10. The first-order valence-electron chi connectivity index (χ1n) is 5.65. The number of hydrogen-bond donors (Lipinski definition) is 0. The Balaban J connectivity index is 3.04. The fourth-order valence-electron chi connectivity index (χ4n) is 1.15. The molecule has 0 fully saturated rings. The van der Waals surface area contributed by atoms with Crippen LogP contribution in [0.15, 0.2) is 12.7 Å². The van der Waals surface area contributed by atoms with E-state index in [1.807, 2.05) is 13.0 Å². The minimum atomic E-state index is -0.0925. The van der Waals surface area contributed by atoms with Gasteiger partial charge in [0.25, 0.3) is 0 Å². The zero-order chi connectivity index (χ0) is 11.4. The van der Waals surface area contributed by atoms with Gasteiger partial charge in [0.2, 0.25) is 0 Å². The van der Waals surface area contributed by atoms with E-state index in [9.17, 15) is 4.79 Å². The fourth-order valence-corrected chi connectivity index (χ4v) is 1.15. The highest BCUT2D eigenvalue weighted by Crippen LogP contribution is 2.01. The summed E-state index contributed by atoms with van der Waals surface area (Å²) in [5, 5.41) is 0. The van der Waals surface area contributed by atoms with E-state index in [-0.39, 0.29) is 5.97 Å². The van der Waals surface area contributed by atoms with Crippen LogP contribution in [-0.2, 0) is 14.3 Å². The molecular weight excluding hydrogens is 192 g/mol. The smallest absolute Gasteiger partial charge is 0.305 e. The maximum absolute atomic E-state index is 11.0. The third kappa shape index (κ3) is 11.1. The van der Waals surface area contributed by atoms with Crippen molar-refractivity contribution in [1.29, 1.82) is 0 Å². The van der Waals surface area contributed by atoms with Gasteiger partial charge in [0.05, 0.1) is 6.61 Å². The summed E-state index contributed by atoms with van der Waals surface area (Å²) in [6, 6.07) is 0.